The molecule has 2 unspecified atom stereocenters. The van der Waals surface area contributed by atoms with E-state index in [1.807, 2.05) is 24.3 Å². The van der Waals surface area contributed by atoms with Crippen molar-refractivity contribution in [3.05, 3.63) is 69.3 Å². The van der Waals surface area contributed by atoms with E-state index >= 15 is 0 Å². The summed E-state index contributed by atoms with van der Waals surface area (Å²) in [6, 6.07) is 11.1. The van der Waals surface area contributed by atoms with Crippen LogP contribution in [0.25, 0.3) is 0 Å². The van der Waals surface area contributed by atoms with Crippen molar-refractivity contribution >= 4 is 21.4 Å². The number of carbonyl (C=O) groups is 1. The van der Waals surface area contributed by atoms with E-state index in [0.717, 1.165) is 49.1 Å². The van der Waals surface area contributed by atoms with Crippen molar-refractivity contribution in [2.75, 3.05) is 19.3 Å². The Bertz CT molecular complexity index is 1110. The van der Waals surface area contributed by atoms with E-state index in [4.69, 9.17) is 0 Å². The number of nitro groups is 1. The topological polar surface area (TPSA) is 110 Å². The van der Waals surface area contributed by atoms with Crippen LogP contribution in [0.4, 0.5) is 5.69 Å². The number of rotatable bonds is 7. The van der Waals surface area contributed by atoms with Gasteiger partial charge in [0.15, 0.2) is 9.84 Å². The van der Waals surface area contributed by atoms with E-state index in [9.17, 15) is 23.3 Å². The number of piperidine rings is 1. The lowest BCUT2D eigenvalue weighted by Gasteiger charge is -2.35. The lowest BCUT2D eigenvalue weighted by Crippen LogP contribution is -2.38. The molecule has 1 amide bonds. The van der Waals surface area contributed by atoms with E-state index in [2.05, 4.69) is 24.1 Å². The van der Waals surface area contributed by atoms with Gasteiger partial charge in [0.25, 0.3) is 11.6 Å². The Labute approximate surface area is 188 Å². The monoisotopic (exact) mass is 459 g/mol. The lowest BCUT2D eigenvalue weighted by molar-refractivity contribution is -0.385. The predicted molar refractivity (Wildman–Crippen MR) is 122 cm³/mol. The van der Waals surface area contributed by atoms with Crippen molar-refractivity contribution < 1.29 is 18.1 Å². The lowest BCUT2D eigenvalue weighted by atomic mass is 9.91. The Hall–Kier alpha value is -2.78. The molecule has 9 heteroatoms. The minimum absolute atomic E-state index is 0.0595. The minimum atomic E-state index is -3.70. The van der Waals surface area contributed by atoms with Crippen molar-refractivity contribution in [3.63, 3.8) is 0 Å². The highest BCUT2D eigenvalue weighted by Crippen LogP contribution is 2.24. The molecule has 32 heavy (non-hydrogen) atoms. The van der Waals surface area contributed by atoms with Crippen LogP contribution in [0.2, 0.25) is 0 Å². The number of amides is 1. The summed E-state index contributed by atoms with van der Waals surface area (Å²) < 4.78 is 23.8. The summed E-state index contributed by atoms with van der Waals surface area (Å²) in [5, 5.41) is 14.0. The van der Waals surface area contributed by atoms with Gasteiger partial charge in [0.2, 0.25) is 0 Å². The Morgan fingerprint density at radius 2 is 1.75 bits per heavy atom. The number of nitrogens with one attached hydrogen (secondary N) is 1. The van der Waals surface area contributed by atoms with Crippen molar-refractivity contribution in [2.45, 2.75) is 38.3 Å². The zero-order valence-corrected chi connectivity index (χ0v) is 19.4. The molecule has 1 saturated heterocycles. The summed E-state index contributed by atoms with van der Waals surface area (Å²) in [6.07, 6.45) is 2.18. The van der Waals surface area contributed by atoms with Crippen molar-refractivity contribution in [1.82, 2.24) is 10.2 Å². The van der Waals surface area contributed by atoms with Gasteiger partial charge in [-0.05, 0) is 35.4 Å². The number of nitrogens with zero attached hydrogens (tertiary/aromatic N) is 2. The average molecular weight is 460 g/mol. The molecule has 0 aliphatic carbocycles. The fourth-order valence-electron chi connectivity index (χ4n) is 4.36. The second-order valence-corrected chi connectivity index (χ2v) is 10.9. The van der Waals surface area contributed by atoms with Crippen molar-refractivity contribution in [2.24, 2.45) is 11.8 Å². The van der Waals surface area contributed by atoms with Crippen LogP contribution in [-0.4, -0.2) is 43.5 Å². The molecule has 3 rings (SSSR count). The van der Waals surface area contributed by atoms with Crippen LogP contribution < -0.4 is 5.32 Å². The van der Waals surface area contributed by atoms with Crippen LogP contribution in [0, 0.1) is 22.0 Å². The molecule has 2 aromatic carbocycles. The third kappa shape index (κ3) is 6.14. The first-order valence-corrected chi connectivity index (χ1v) is 12.5. The highest BCUT2D eigenvalue weighted by atomic mass is 32.2. The molecule has 1 N–H and O–H groups in total. The number of benzene rings is 2. The first kappa shape index (κ1) is 23.9. The minimum Gasteiger partial charge on any atom is -0.348 e. The maximum atomic E-state index is 12.7. The Balaban J connectivity index is 1.76. The number of hydrogen-bond acceptors (Lipinski definition) is 6. The average Bonchev–Trinajstić information content (AvgIpc) is 2.71. The number of non-ortho nitro benzene ring substituents is 1. The maximum absolute atomic E-state index is 12.7. The molecule has 1 heterocycles. The van der Waals surface area contributed by atoms with Crippen LogP contribution in [0.3, 0.4) is 0 Å². The van der Waals surface area contributed by atoms with E-state index in [1.165, 1.54) is 12.5 Å². The van der Waals surface area contributed by atoms with Gasteiger partial charge >= 0.3 is 0 Å². The number of sulfone groups is 1. The molecule has 0 bridgehead atoms. The molecule has 1 fully saturated rings. The molecule has 8 nitrogen and oxygen atoms in total. The number of nitro benzene ring substituents is 1. The smallest absolute Gasteiger partial charge is 0.271 e. The molecular weight excluding hydrogens is 430 g/mol. The summed E-state index contributed by atoms with van der Waals surface area (Å²) in [7, 11) is -3.70. The Kier molecular flexibility index (Phi) is 7.30. The van der Waals surface area contributed by atoms with E-state index in [1.54, 1.807) is 0 Å². The summed E-state index contributed by atoms with van der Waals surface area (Å²) in [6.45, 7) is 7.62. The molecule has 1 aliphatic heterocycles. The van der Waals surface area contributed by atoms with Crippen molar-refractivity contribution in [1.29, 1.82) is 0 Å². The molecule has 0 radical (unpaired) electrons. The quantitative estimate of drug-likeness (QED) is 0.502. The fraction of sp³-hybridized carbons (Fsp3) is 0.435. The van der Waals surface area contributed by atoms with E-state index in [0.29, 0.717) is 11.8 Å². The highest BCUT2D eigenvalue weighted by molar-refractivity contribution is 7.90. The third-order valence-electron chi connectivity index (χ3n) is 5.69. The molecular formula is C23H29N3O5S. The van der Waals surface area contributed by atoms with Crippen LogP contribution in [-0.2, 0) is 22.9 Å². The molecule has 0 saturated carbocycles. The number of likely N-dealkylation sites (tertiary alicyclic amines) is 1. The van der Waals surface area contributed by atoms with Gasteiger partial charge in [0, 0.05) is 50.1 Å². The summed E-state index contributed by atoms with van der Waals surface area (Å²) in [5.74, 6) is 0.723. The standard InChI is InChI=1S/C23H29N3O5S/c1-16-8-17(2)14-25(13-16)15-19-7-5-4-6-18(19)12-24-23(27)20-9-21(26(28)29)11-22(10-20)32(3,30)31/h4-7,9-11,16-17H,8,12-15H2,1-3H3,(H,24,27). The van der Waals surface area contributed by atoms with Gasteiger partial charge in [-0.15, -0.1) is 0 Å². The second-order valence-electron chi connectivity index (χ2n) is 8.84. The summed E-state index contributed by atoms with van der Waals surface area (Å²) >= 11 is 0. The van der Waals surface area contributed by atoms with Crippen LogP contribution in [0.1, 0.15) is 41.8 Å². The Morgan fingerprint density at radius 1 is 1.12 bits per heavy atom. The van der Waals surface area contributed by atoms with Gasteiger partial charge in [0.05, 0.1) is 9.82 Å². The maximum Gasteiger partial charge on any atom is 0.271 e. The van der Waals surface area contributed by atoms with Gasteiger partial charge in [-0.25, -0.2) is 8.42 Å². The first-order chi connectivity index (χ1) is 15.0. The second kappa shape index (κ2) is 9.79. The third-order valence-corrected chi connectivity index (χ3v) is 6.78. The van der Waals surface area contributed by atoms with Crippen LogP contribution >= 0.6 is 0 Å². The van der Waals surface area contributed by atoms with Crippen LogP contribution in [0.5, 0.6) is 0 Å². The molecule has 0 aromatic heterocycles. The Morgan fingerprint density at radius 3 is 2.34 bits per heavy atom. The van der Waals surface area contributed by atoms with E-state index in [-0.39, 0.29) is 17.0 Å². The van der Waals surface area contributed by atoms with Gasteiger partial charge in [-0.2, -0.15) is 0 Å². The van der Waals surface area contributed by atoms with Gasteiger partial charge in [-0.3, -0.25) is 19.8 Å². The summed E-state index contributed by atoms with van der Waals surface area (Å²) in [5.41, 5.74) is 1.58. The fourth-order valence-corrected chi connectivity index (χ4v) is 5.03. The largest absolute Gasteiger partial charge is 0.348 e. The van der Waals surface area contributed by atoms with Gasteiger partial charge in [-0.1, -0.05) is 38.1 Å². The molecule has 1 aliphatic rings. The molecule has 0 spiro atoms. The highest BCUT2D eigenvalue weighted by Gasteiger charge is 2.23. The summed E-state index contributed by atoms with van der Waals surface area (Å²) in [4.78, 5) is 25.4. The number of carbonyl (C=O) groups excluding carboxylic acids is 1. The predicted octanol–water partition coefficient (Wildman–Crippen LogP) is 3.41. The van der Waals surface area contributed by atoms with E-state index < -0.39 is 26.4 Å². The SMILES string of the molecule is CC1CC(C)CN(Cc2ccccc2CNC(=O)c2cc([N+](=O)[O-])cc(S(C)(=O)=O)c2)C1. The van der Waals surface area contributed by atoms with Crippen molar-refractivity contribution in [3.8, 4) is 0 Å². The normalized spacial score (nSPS) is 19.5. The molecule has 2 aromatic rings. The zero-order valence-electron chi connectivity index (χ0n) is 18.6. The van der Waals surface area contributed by atoms with Crippen LogP contribution in [0.15, 0.2) is 47.4 Å². The van der Waals surface area contributed by atoms with Gasteiger partial charge < -0.3 is 5.32 Å². The zero-order chi connectivity index (χ0) is 23.5. The molecule has 172 valence electrons. The number of hydrogen-bond donors (Lipinski definition) is 1. The molecule has 2 atom stereocenters. The first-order valence-electron chi connectivity index (χ1n) is 10.6. The van der Waals surface area contributed by atoms with Gasteiger partial charge in [0.1, 0.15) is 0 Å².